The van der Waals surface area contributed by atoms with E-state index in [0.29, 0.717) is 16.4 Å². The van der Waals surface area contributed by atoms with E-state index in [4.69, 9.17) is 0 Å². The van der Waals surface area contributed by atoms with Crippen LogP contribution < -0.4 is 0 Å². The zero-order chi connectivity index (χ0) is 16.4. The number of hydrogen-bond acceptors (Lipinski definition) is 3. The van der Waals surface area contributed by atoms with E-state index in [2.05, 4.69) is 75.9 Å². The number of aromatic nitrogens is 3. The van der Waals surface area contributed by atoms with Crippen LogP contribution in [0.2, 0.25) is 0 Å². The summed E-state index contributed by atoms with van der Waals surface area (Å²) < 4.78 is 0.543. The highest BCUT2D eigenvalue weighted by Crippen LogP contribution is 2.26. The Labute approximate surface area is 145 Å². The molecule has 3 rings (SSSR count). The van der Waals surface area contributed by atoms with Gasteiger partial charge in [-0.2, -0.15) is 0 Å². The molecule has 0 aliphatic rings. The van der Waals surface area contributed by atoms with Gasteiger partial charge in [0.2, 0.25) is 4.73 Å². The molecule has 0 aliphatic heterocycles. The van der Waals surface area contributed by atoms with Crippen molar-refractivity contribution < 1.29 is 0 Å². The van der Waals surface area contributed by atoms with E-state index in [9.17, 15) is 0 Å². The fourth-order valence-electron chi connectivity index (χ4n) is 2.31. The molecule has 0 amide bonds. The number of halogens is 1. The normalized spacial score (nSPS) is 11.5. The van der Waals surface area contributed by atoms with Gasteiger partial charge in [-0.1, -0.05) is 75.4 Å². The third-order valence-corrected chi connectivity index (χ3v) is 4.00. The SMILES string of the molecule is CC(C)(C)c1ccc(-c2nc(Br)nc(-c3ccccc3)n2)cc1. The maximum absolute atomic E-state index is 4.61. The molecule has 0 fully saturated rings. The predicted octanol–water partition coefficient (Wildman–Crippen LogP) is 5.27. The molecule has 1 aromatic heterocycles. The second-order valence-corrected chi connectivity index (χ2v) is 7.15. The first-order valence-corrected chi connectivity index (χ1v) is 8.31. The van der Waals surface area contributed by atoms with Crippen molar-refractivity contribution in [2.45, 2.75) is 26.2 Å². The van der Waals surface area contributed by atoms with Crippen LogP contribution in [0.1, 0.15) is 26.3 Å². The Morgan fingerprint density at radius 3 is 1.74 bits per heavy atom. The van der Waals surface area contributed by atoms with Crippen molar-refractivity contribution in [2.75, 3.05) is 0 Å². The van der Waals surface area contributed by atoms with Gasteiger partial charge in [-0.25, -0.2) is 15.0 Å². The number of benzene rings is 2. The lowest BCUT2D eigenvalue weighted by molar-refractivity contribution is 0.590. The standard InChI is InChI=1S/C19H18BrN3/c1-19(2,3)15-11-9-14(10-12-15)17-21-16(22-18(20)23-17)13-7-5-4-6-8-13/h4-12H,1-3H3. The highest BCUT2D eigenvalue weighted by Gasteiger charge is 2.14. The summed E-state index contributed by atoms with van der Waals surface area (Å²) in [5.74, 6) is 1.34. The van der Waals surface area contributed by atoms with Crippen LogP contribution in [-0.4, -0.2) is 15.0 Å². The van der Waals surface area contributed by atoms with Crippen LogP contribution >= 0.6 is 15.9 Å². The van der Waals surface area contributed by atoms with Gasteiger partial charge in [-0.15, -0.1) is 0 Å². The lowest BCUT2D eigenvalue weighted by atomic mass is 9.87. The summed E-state index contributed by atoms with van der Waals surface area (Å²) in [6, 6.07) is 18.3. The highest BCUT2D eigenvalue weighted by molar-refractivity contribution is 9.10. The van der Waals surface area contributed by atoms with Crippen molar-refractivity contribution in [3.8, 4) is 22.8 Å². The molecule has 0 atom stereocenters. The summed E-state index contributed by atoms with van der Waals surface area (Å²) in [7, 11) is 0. The van der Waals surface area contributed by atoms with E-state index in [1.165, 1.54) is 5.56 Å². The van der Waals surface area contributed by atoms with Crippen LogP contribution in [-0.2, 0) is 5.41 Å². The van der Waals surface area contributed by atoms with Gasteiger partial charge in [0, 0.05) is 11.1 Å². The van der Waals surface area contributed by atoms with Crippen LogP contribution in [0.4, 0.5) is 0 Å². The van der Waals surface area contributed by atoms with Gasteiger partial charge in [0.25, 0.3) is 0 Å². The quantitative estimate of drug-likeness (QED) is 0.619. The van der Waals surface area contributed by atoms with Crippen molar-refractivity contribution in [1.29, 1.82) is 0 Å². The Kier molecular flexibility index (Phi) is 4.26. The van der Waals surface area contributed by atoms with Crippen LogP contribution in [0.25, 0.3) is 22.8 Å². The predicted molar refractivity (Wildman–Crippen MR) is 97.1 cm³/mol. The minimum atomic E-state index is 0.132. The van der Waals surface area contributed by atoms with E-state index in [0.717, 1.165) is 11.1 Å². The molecular formula is C19H18BrN3. The molecule has 23 heavy (non-hydrogen) atoms. The summed E-state index contributed by atoms with van der Waals surface area (Å²) in [6.45, 7) is 6.61. The maximum Gasteiger partial charge on any atom is 0.200 e. The molecule has 1 heterocycles. The zero-order valence-corrected chi connectivity index (χ0v) is 15.0. The van der Waals surface area contributed by atoms with Crippen molar-refractivity contribution in [2.24, 2.45) is 0 Å². The van der Waals surface area contributed by atoms with Crippen molar-refractivity contribution in [1.82, 2.24) is 15.0 Å². The molecule has 0 unspecified atom stereocenters. The summed E-state index contributed by atoms with van der Waals surface area (Å²) >= 11 is 3.39. The first-order chi connectivity index (χ1) is 10.9. The molecule has 0 N–H and O–H groups in total. The Bertz CT molecular complexity index is 806. The first-order valence-electron chi connectivity index (χ1n) is 7.51. The molecule has 0 saturated heterocycles. The molecule has 116 valence electrons. The van der Waals surface area contributed by atoms with Gasteiger partial charge in [-0.3, -0.25) is 0 Å². The van der Waals surface area contributed by atoms with E-state index in [1.54, 1.807) is 0 Å². The third-order valence-electron chi connectivity index (χ3n) is 3.65. The fourth-order valence-corrected chi connectivity index (χ4v) is 2.65. The van der Waals surface area contributed by atoms with Gasteiger partial charge < -0.3 is 0 Å². The summed E-state index contributed by atoms with van der Waals surface area (Å²) in [5.41, 5.74) is 3.38. The Morgan fingerprint density at radius 2 is 1.22 bits per heavy atom. The van der Waals surface area contributed by atoms with Gasteiger partial charge in [0.1, 0.15) is 0 Å². The zero-order valence-electron chi connectivity index (χ0n) is 13.4. The molecule has 4 heteroatoms. The lowest BCUT2D eigenvalue weighted by Gasteiger charge is -2.19. The van der Waals surface area contributed by atoms with E-state index in [-0.39, 0.29) is 5.41 Å². The smallest absolute Gasteiger partial charge is 0.200 e. The second kappa shape index (κ2) is 6.20. The van der Waals surface area contributed by atoms with Crippen molar-refractivity contribution in [3.63, 3.8) is 0 Å². The van der Waals surface area contributed by atoms with Crippen LogP contribution in [0.15, 0.2) is 59.3 Å². The van der Waals surface area contributed by atoms with Gasteiger partial charge in [-0.05, 0) is 26.9 Å². The Balaban J connectivity index is 2.02. The van der Waals surface area contributed by atoms with E-state index in [1.807, 2.05) is 30.3 Å². The molecule has 3 nitrogen and oxygen atoms in total. The monoisotopic (exact) mass is 367 g/mol. The van der Waals surface area contributed by atoms with Gasteiger partial charge >= 0.3 is 0 Å². The topological polar surface area (TPSA) is 38.7 Å². The van der Waals surface area contributed by atoms with Crippen LogP contribution in [0.5, 0.6) is 0 Å². The summed E-state index contributed by atoms with van der Waals surface area (Å²) in [4.78, 5) is 13.4. The molecule has 0 radical (unpaired) electrons. The van der Waals surface area contributed by atoms with Crippen LogP contribution in [0, 0.1) is 0 Å². The second-order valence-electron chi connectivity index (χ2n) is 6.45. The number of nitrogens with zero attached hydrogens (tertiary/aromatic N) is 3. The van der Waals surface area contributed by atoms with Gasteiger partial charge in [0.15, 0.2) is 11.6 Å². The summed E-state index contributed by atoms with van der Waals surface area (Å²) in [5, 5.41) is 0. The largest absolute Gasteiger partial charge is 0.208 e. The van der Waals surface area contributed by atoms with Crippen LogP contribution in [0.3, 0.4) is 0 Å². The maximum atomic E-state index is 4.61. The third kappa shape index (κ3) is 3.64. The lowest BCUT2D eigenvalue weighted by Crippen LogP contribution is -2.10. The average molecular weight is 368 g/mol. The molecule has 2 aromatic carbocycles. The number of rotatable bonds is 2. The Morgan fingerprint density at radius 1 is 0.696 bits per heavy atom. The first kappa shape index (κ1) is 15.8. The molecular weight excluding hydrogens is 350 g/mol. The van der Waals surface area contributed by atoms with E-state index < -0.39 is 0 Å². The van der Waals surface area contributed by atoms with Gasteiger partial charge in [0.05, 0.1) is 0 Å². The van der Waals surface area contributed by atoms with Crippen molar-refractivity contribution >= 4 is 15.9 Å². The molecule has 3 aromatic rings. The minimum Gasteiger partial charge on any atom is -0.208 e. The molecule has 0 bridgehead atoms. The molecule has 0 saturated carbocycles. The van der Waals surface area contributed by atoms with Crippen molar-refractivity contribution in [3.05, 3.63) is 64.9 Å². The summed E-state index contributed by atoms with van der Waals surface area (Å²) in [6.07, 6.45) is 0. The molecule has 0 spiro atoms. The Hall–Kier alpha value is -2.07. The molecule has 0 aliphatic carbocycles. The van der Waals surface area contributed by atoms with E-state index >= 15 is 0 Å². The number of hydrogen-bond donors (Lipinski definition) is 0. The average Bonchev–Trinajstić information content (AvgIpc) is 2.54. The fraction of sp³-hybridized carbons (Fsp3) is 0.211. The minimum absolute atomic E-state index is 0.132. The highest BCUT2D eigenvalue weighted by atomic mass is 79.9.